The molecule has 3 unspecified atom stereocenters. The number of thioether (sulfide) groups is 1. The van der Waals surface area contributed by atoms with Gasteiger partial charge in [-0.25, -0.2) is 0 Å². The monoisotopic (exact) mass is 696 g/mol. The van der Waals surface area contributed by atoms with Crippen molar-refractivity contribution < 1.29 is 19.1 Å². The Morgan fingerprint density at radius 1 is 0.765 bits per heavy atom. The summed E-state index contributed by atoms with van der Waals surface area (Å²) in [6.45, 7) is 5.25. The first-order valence-electron chi connectivity index (χ1n) is 17.9. The molecule has 0 spiro atoms. The molecule has 2 amide bonds. The second-order valence-electron chi connectivity index (χ2n) is 13.2. The third kappa shape index (κ3) is 7.38. The molecule has 6 nitrogen and oxygen atoms in total. The minimum absolute atomic E-state index is 0.0656. The van der Waals surface area contributed by atoms with Crippen LogP contribution in [0.4, 0.5) is 4.79 Å². The van der Waals surface area contributed by atoms with Gasteiger partial charge in [0.05, 0.1) is 18.0 Å². The molecule has 0 aromatic heterocycles. The number of hydrogen-bond acceptors (Lipinski definition) is 6. The first-order chi connectivity index (χ1) is 25.1. The maximum absolute atomic E-state index is 14.5. The molecule has 0 radical (unpaired) electrons. The molecule has 0 bridgehead atoms. The predicted molar refractivity (Wildman–Crippen MR) is 204 cm³/mol. The molecule has 7 rings (SSSR count). The first kappa shape index (κ1) is 34.7. The van der Waals surface area contributed by atoms with Gasteiger partial charge in [-0.15, -0.1) is 0 Å². The maximum Gasteiger partial charge on any atom is 0.290 e. The largest absolute Gasteiger partial charge is 0.492 e. The van der Waals surface area contributed by atoms with Crippen molar-refractivity contribution in [3.05, 3.63) is 173 Å². The second-order valence-corrected chi connectivity index (χ2v) is 14.4. The lowest BCUT2D eigenvalue weighted by Crippen LogP contribution is -2.51. The minimum atomic E-state index is -1.12. The lowest BCUT2D eigenvalue weighted by Gasteiger charge is -2.42. The zero-order valence-electron chi connectivity index (χ0n) is 29.0. The molecule has 2 fully saturated rings. The molecule has 51 heavy (non-hydrogen) atoms. The molecular weight excluding hydrogens is 653 g/mol. The average molecular weight is 697 g/mol. The van der Waals surface area contributed by atoms with E-state index in [9.17, 15) is 9.59 Å². The third-order valence-corrected chi connectivity index (χ3v) is 11.1. The minimum Gasteiger partial charge on any atom is -0.492 e. The van der Waals surface area contributed by atoms with Gasteiger partial charge in [0.1, 0.15) is 17.9 Å². The van der Waals surface area contributed by atoms with E-state index in [2.05, 4.69) is 36.1 Å². The molecule has 5 aromatic rings. The number of ether oxygens (including phenoxy) is 2. The van der Waals surface area contributed by atoms with Gasteiger partial charge in [0.25, 0.3) is 5.24 Å². The molecule has 3 atom stereocenters. The molecule has 7 heteroatoms. The van der Waals surface area contributed by atoms with Gasteiger partial charge in [-0.05, 0) is 52.8 Å². The van der Waals surface area contributed by atoms with E-state index in [0.29, 0.717) is 19.6 Å². The average Bonchev–Trinajstić information content (AvgIpc) is 3.47. The normalized spacial score (nSPS) is 18.9. The predicted octanol–water partition coefficient (Wildman–Crippen LogP) is 8.91. The smallest absolute Gasteiger partial charge is 0.290 e. The number of carbonyl (C=O) groups is 2. The highest BCUT2D eigenvalue weighted by molar-refractivity contribution is 8.15. The van der Waals surface area contributed by atoms with Crippen LogP contribution in [0, 0.1) is 0 Å². The van der Waals surface area contributed by atoms with Crippen molar-refractivity contribution in [2.24, 2.45) is 0 Å². The zero-order chi connectivity index (χ0) is 35.0. The molecule has 5 aromatic carbocycles. The van der Waals surface area contributed by atoms with Crippen molar-refractivity contribution in [2.45, 2.75) is 49.1 Å². The van der Waals surface area contributed by atoms with Crippen LogP contribution in [-0.4, -0.2) is 58.5 Å². The maximum atomic E-state index is 14.5. The van der Waals surface area contributed by atoms with Crippen molar-refractivity contribution in [3.63, 3.8) is 0 Å². The van der Waals surface area contributed by atoms with E-state index >= 15 is 0 Å². The molecule has 0 N–H and O–H groups in total. The Morgan fingerprint density at radius 3 is 1.86 bits per heavy atom. The SMILES string of the molecule is CCCC(COc1ccc(CC2SC(=O)N(C(c3ccccc3)(c3ccccc3)c3ccccc3)C2=O)cc1)N1CCOC(c2ccccc2)C1. The highest BCUT2D eigenvalue weighted by Gasteiger charge is 2.54. The van der Waals surface area contributed by atoms with Gasteiger partial charge < -0.3 is 9.47 Å². The summed E-state index contributed by atoms with van der Waals surface area (Å²) < 4.78 is 12.5. The van der Waals surface area contributed by atoms with E-state index in [1.165, 1.54) is 10.5 Å². The molecule has 2 aliphatic heterocycles. The molecular formula is C44H44N2O4S. The van der Waals surface area contributed by atoms with E-state index < -0.39 is 10.8 Å². The van der Waals surface area contributed by atoms with E-state index in [-0.39, 0.29) is 23.3 Å². The van der Waals surface area contributed by atoms with Gasteiger partial charge in [0.15, 0.2) is 0 Å². The molecule has 0 aliphatic carbocycles. The number of hydrogen-bond donors (Lipinski definition) is 0. The van der Waals surface area contributed by atoms with Crippen LogP contribution in [0.2, 0.25) is 0 Å². The summed E-state index contributed by atoms with van der Waals surface area (Å²) in [4.78, 5) is 32.6. The summed E-state index contributed by atoms with van der Waals surface area (Å²) in [5.41, 5.74) is 3.66. The van der Waals surface area contributed by atoms with E-state index in [1.807, 2.05) is 121 Å². The topological polar surface area (TPSA) is 59.1 Å². The third-order valence-electron chi connectivity index (χ3n) is 10.0. The van der Waals surface area contributed by atoms with E-state index in [0.717, 1.165) is 65.7 Å². The van der Waals surface area contributed by atoms with Crippen LogP contribution in [0.15, 0.2) is 146 Å². The van der Waals surface area contributed by atoms with Crippen LogP contribution in [0.5, 0.6) is 5.75 Å². The second kappa shape index (κ2) is 16.1. The number of nitrogens with zero attached hydrogens (tertiary/aromatic N) is 2. The molecule has 260 valence electrons. The molecule has 2 heterocycles. The molecule has 2 saturated heterocycles. The van der Waals surface area contributed by atoms with E-state index in [4.69, 9.17) is 9.47 Å². The number of amides is 2. The van der Waals surface area contributed by atoms with Crippen LogP contribution < -0.4 is 4.74 Å². The lowest BCUT2D eigenvalue weighted by atomic mass is 9.75. The van der Waals surface area contributed by atoms with Gasteiger partial charge in [0.2, 0.25) is 5.91 Å². The standard InChI is InChI=1S/C44H44N2O4S/c1-2-15-38(45-28-29-49-40(31-45)34-16-7-3-8-17-34)32-50-39-26-24-33(25-27-39)30-41-42(47)46(43(48)51-41)44(35-18-9-4-10-19-35,36-20-11-5-12-21-36)37-22-13-6-14-23-37/h3-14,16-27,38,40-41H,2,15,28-32H2,1H3. The first-order valence-corrected chi connectivity index (χ1v) is 18.8. The fraction of sp³-hybridized carbons (Fsp3) is 0.273. The number of benzene rings is 5. The Hall–Kier alpha value is -4.69. The summed E-state index contributed by atoms with van der Waals surface area (Å²) in [5.74, 6) is 0.607. The summed E-state index contributed by atoms with van der Waals surface area (Å²) in [6, 6.07) is 48.4. The van der Waals surface area contributed by atoms with Crippen LogP contribution in [0.1, 0.15) is 53.7 Å². The summed E-state index contributed by atoms with van der Waals surface area (Å²) in [5, 5.41) is -0.798. The molecule has 2 aliphatic rings. The highest BCUT2D eigenvalue weighted by Crippen LogP contribution is 2.48. The number of rotatable bonds is 13. The number of carbonyl (C=O) groups excluding carboxylic acids is 2. The fourth-order valence-corrected chi connectivity index (χ4v) is 8.58. The Kier molecular flexibility index (Phi) is 11.0. The zero-order valence-corrected chi connectivity index (χ0v) is 29.8. The van der Waals surface area contributed by atoms with Gasteiger partial charge >= 0.3 is 0 Å². The Labute approximate surface area is 305 Å². The Balaban J connectivity index is 1.07. The van der Waals surface area contributed by atoms with Crippen LogP contribution in [0.3, 0.4) is 0 Å². The molecule has 0 saturated carbocycles. The lowest BCUT2D eigenvalue weighted by molar-refractivity contribution is -0.129. The highest BCUT2D eigenvalue weighted by atomic mass is 32.2. The summed E-state index contributed by atoms with van der Waals surface area (Å²) in [7, 11) is 0. The Bertz CT molecular complexity index is 1780. The van der Waals surface area contributed by atoms with Crippen molar-refractivity contribution in [1.29, 1.82) is 0 Å². The van der Waals surface area contributed by atoms with Crippen molar-refractivity contribution in [2.75, 3.05) is 26.3 Å². The fourth-order valence-electron chi connectivity index (χ4n) is 7.52. The van der Waals surface area contributed by atoms with Crippen LogP contribution in [0.25, 0.3) is 0 Å². The van der Waals surface area contributed by atoms with E-state index in [1.54, 1.807) is 0 Å². The van der Waals surface area contributed by atoms with Crippen LogP contribution in [-0.2, 0) is 21.5 Å². The van der Waals surface area contributed by atoms with Gasteiger partial charge in [-0.3, -0.25) is 19.4 Å². The van der Waals surface area contributed by atoms with Crippen molar-refractivity contribution >= 4 is 22.9 Å². The Morgan fingerprint density at radius 2 is 1.31 bits per heavy atom. The van der Waals surface area contributed by atoms with Crippen LogP contribution >= 0.6 is 11.8 Å². The summed E-state index contributed by atoms with van der Waals surface area (Å²) in [6.07, 6.45) is 2.62. The summed E-state index contributed by atoms with van der Waals surface area (Å²) >= 11 is 1.12. The number of imide groups is 1. The van der Waals surface area contributed by atoms with Gasteiger partial charge in [-0.1, -0.05) is 159 Å². The van der Waals surface area contributed by atoms with Crippen molar-refractivity contribution in [1.82, 2.24) is 9.80 Å². The van der Waals surface area contributed by atoms with Crippen molar-refractivity contribution in [3.8, 4) is 5.75 Å². The van der Waals surface area contributed by atoms with Gasteiger partial charge in [0, 0.05) is 19.1 Å². The van der Waals surface area contributed by atoms with Gasteiger partial charge in [-0.2, -0.15) is 0 Å². The number of morpholine rings is 1. The quantitative estimate of drug-likeness (QED) is 0.115.